The van der Waals surface area contributed by atoms with Gasteiger partial charge in [0.15, 0.2) is 0 Å². The Morgan fingerprint density at radius 1 is 1.11 bits per heavy atom. The molecule has 2 bridgehead atoms. The Labute approximate surface area is 112 Å². The lowest BCUT2D eigenvalue weighted by molar-refractivity contribution is 0.168. The zero-order chi connectivity index (χ0) is 13.6. The van der Waals surface area contributed by atoms with Crippen LogP contribution in [0, 0.1) is 18.6 Å². The molecule has 2 aliphatic rings. The number of rotatable bonds is 2. The fraction of sp³-hybridized carbons (Fsp3) is 0.600. The number of benzene rings is 1. The molecular formula is C15H20F2N2. The van der Waals surface area contributed by atoms with E-state index in [4.69, 9.17) is 0 Å². The second-order valence-electron chi connectivity index (χ2n) is 5.94. The van der Waals surface area contributed by atoms with Crippen LogP contribution in [0.1, 0.15) is 31.2 Å². The van der Waals surface area contributed by atoms with Crippen molar-refractivity contribution in [2.45, 2.75) is 50.7 Å². The second-order valence-corrected chi connectivity index (χ2v) is 5.94. The molecule has 0 radical (unpaired) electrons. The molecule has 0 aromatic heterocycles. The van der Waals surface area contributed by atoms with Gasteiger partial charge in [-0.25, -0.2) is 8.78 Å². The Morgan fingerprint density at radius 2 is 1.74 bits per heavy atom. The van der Waals surface area contributed by atoms with E-state index in [-0.39, 0.29) is 17.7 Å². The monoisotopic (exact) mass is 266 g/mol. The fourth-order valence-corrected chi connectivity index (χ4v) is 3.51. The number of halogens is 2. The van der Waals surface area contributed by atoms with Gasteiger partial charge in [0.25, 0.3) is 0 Å². The summed E-state index contributed by atoms with van der Waals surface area (Å²) in [4.78, 5) is 2.43. The minimum Gasteiger partial charge on any atom is -0.380 e. The Morgan fingerprint density at radius 3 is 2.37 bits per heavy atom. The average molecular weight is 266 g/mol. The van der Waals surface area contributed by atoms with Gasteiger partial charge in [0.05, 0.1) is 5.69 Å². The van der Waals surface area contributed by atoms with Gasteiger partial charge in [-0.1, -0.05) is 0 Å². The Hall–Kier alpha value is -1.16. The van der Waals surface area contributed by atoms with Crippen LogP contribution in [0.15, 0.2) is 12.1 Å². The van der Waals surface area contributed by atoms with E-state index >= 15 is 0 Å². The van der Waals surface area contributed by atoms with Crippen molar-refractivity contribution in [3.63, 3.8) is 0 Å². The number of hydrogen-bond donors (Lipinski definition) is 1. The van der Waals surface area contributed by atoms with E-state index in [9.17, 15) is 8.78 Å². The molecular weight excluding hydrogens is 246 g/mol. The molecule has 2 aliphatic heterocycles. The van der Waals surface area contributed by atoms with Crippen LogP contribution in [0.5, 0.6) is 0 Å². The molecule has 1 aromatic carbocycles. The first-order valence-electron chi connectivity index (χ1n) is 6.98. The molecule has 2 atom stereocenters. The molecule has 0 spiro atoms. The van der Waals surface area contributed by atoms with Gasteiger partial charge >= 0.3 is 0 Å². The maximum absolute atomic E-state index is 13.8. The SMILES string of the molecule is Cc1cc(F)c(NC2CC3CCC(C2)N3C)cc1F. The number of nitrogens with one attached hydrogen (secondary N) is 1. The molecule has 4 heteroatoms. The van der Waals surface area contributed by atoms with Crippen molar-refractivity contribution >= 4 is 5.69 Å². The first-order valence-corrected chi connectivity index (χ1v) is 6.98. The van der Waals surface area contributed by atoms with Gasteiger partial charge < -0.3 is 10.2 Å². The largest absolute Gasteiger partial charge is 0.380 e. The maximum Gasteiger partial charge on any atom is 0.146 e. The van der Waals surface area contributed by atoms with Gasteiger partial charge in [-0.15, -0.1) is 0 Å². The first-order chi connectivity index (χ1) is 9.04. The summed E-state index contributed by atoms with van der Waals surface area (Å²) in [5.41, 5.74) is 0.656. The minimum absolute atomic E-state index is 0.255. The number of piperidine rings is 1. The molecule has 3 rings (SSSR count). The summed E-state index contributed by atoms with van der Waals surface area (Å²) in [7, 11) is 2.17. The van der Waals surface area contributed by atoms with Gasteiger partial charge in [-0.2, -0.15) is 0 Å². The average Bonchev–Trinajstić information content (AvgIpc) is 2.60. The van der Waals surface area contributed by atoms with Gasteiger partial charge in [-0.3, -0.25) is 0 Å². The van der Waals surface area contributed by atoms with Gasteiger partial charge in [-0.05, 0) is 51.3 Å². The van der Waals surface area contributed by atoms with Crippen molar-refractivity contribution < 1.29 is 8.78 Å². The van der Waals surface area contributed by atoms with Crippen molar-refractivity contribution in [1.29, 1.82) is 0 Å². The molecule has 19 heavy (non-hydrogen) atoms. The van der Waals surface area contributed by atoms with E-state index < -0.39 is 0 Å². The molecule has 0 amide bonds. The highest BCUT2D eigenvalue weighted by molar-refractivity contribution is 5.47. The molecule has 0 aliphatic carbocycles. The highest BCUT2D eigenvalue weighted by Crippen LogP contribution is 2.35. The first kappa shape index (κ1) is 12.9. The van der Waals surface area contributed by atoms with Crippen molar-refractivity contribution in [2.24, 2.45) is 0 Å². The van der Waals surface area contributed by atoms with E-state index in [0.717, 1.165) is 12.8 Å². The molecule has 2 saturated heterocycles. The highest BCUT2D eigenvalue weighted by atomic mass is 19.1. The minimum atomic E-state index is -0.356. The van der Waals surface area contributed by atoms with E-state index in [0.29, 0.717) is 23.3 Å². The summed E-state index contributed by atoms with van der Waals surface area (Å²) >= 11 is 0. The number of nitrogens with zero attached hydrogens (tertiary/aromatic N) is 1. The Kier molecular flexibility index (Phi) is 3.21. The lowest BCUT2D eigenvalue weighted by Crippen LogP contribution is -2.44. The molecule has 2 unspecified atom stereocenters. The molecule has 2 nitrogen and oxygen atoms in total. The summed E-state index contributed by atoms with van der Waals surface area (Å²) in [6.07, 6.45) is 4.48. The van der Waals surface area contributed by atoms with Crippen LogP contribution < -0.4 is 5.32 Å². The molecule has 1 N–H and O–H groups in total. The van der Waals surface area contributed by atoms with E-state index in [1.807, 2.05) is 0 Å². The third-order valence-corrected chi connectivity index (χ3v) is 4.71. The van der Waals surface area contributed by atoms with Crippen LogP contribution in [0.3, 0.4) is 0 Å². The van der Waals surface area contributed by atoms with Crippen molar-refractivity contribution in [3.8, 4) is 0 Å². The highest BCUT2D eigenvalue weighted by Gasteiger charge is 2.38. The summed E-state index contributed by atoms with van der Waals surface area (Å²) in [5, 5.41) is 3.20. The van der Waals surface area contributed by atoms with E-state index in [2.05, 4.69) is 17.3 Å². The summed E-state index contributed by atoms with van der Waals surface area (Å²) in [6, 6.07) is 3.99. The number of anilines is 1. The van der Waals surface area contributed by atoms with Gasteiger partial charge in [0.1, 0.15) is 11.6 Å². The molecule has 0 saturated carbocycles. The van der Waals surface area contributed by atoms with Crippen LogP contribution in [0.4, 0.5) is 14.5 Å². The number of fused-ring (bicyclic) bond motifs is 2. The zero-order valence-corrected chi connectivity index (χ0v) is 11.4. The summed E-state index contributed by atoms with van der Waals surface area (Å²) in [6.45, 7) is 1.58. The topological polar surface area (TPSA) is 15.3 Å². The van der Waals surface area contributed by atoms with Gasteiger partial charge in [0, 0.05) is 24.2 Å². The predicted molar refractivity (Wildman–Crippen MR) is 72.3 cm³/mol. The molecule has 104 valence electrons. The van der Waals surface area contributed by atoms with Crippen LogP contribution >= 0.6 is 0 Å². The van der Waals surface area contributed by atoms with Gasteiger partial charge in [0.2, 0.25) is 0 Å². The second kappa shape index (κ2) is 4.75. The zero-order valence-electron chi connectivity index (χ0n) is 11.4. The quantitative estimate of drug-likeness (QED) is 0.883. The third kappa shape index (κ3) is 2.34. The predicted octanol–water partition coefficient (Wildman–Crippen LogP) is 3.31. The van der Waals surface area contributed by atoms with Crippen LogP contribution in [-0.2, 0) is 0 Å². The standard InChI is InChI=1S/C15H20F2N2/c1-9-5-14(17)15(8-13(9)16)18-10-6-11-3-4-12(7-10)19(11)2/h5,8,10-12,18H,3-4,6-7H2,1-2H3. The fourth-order valence-electron chi connectivity index (χ4n) is 3.51. The number of aryl methyl sites for hydroxylation is 1. The van der Waals surface area contributed by atoms with E-state index in [1.54, 1.807) is 6.92 Å². The lowest BCUT2D eigenvalue weighted by atomic mass is 9.97. The Balaban J connectivity index is 1.74. The van der Waals surface area contributed by atoms with E-state index in [1.165, 1.54) is 25.0 Å². The summed E-state index contributed by atoms with van der Waals surface area (Å²) < 4.78 is 27.4. The maximum atomic E-state index is 13.8. The smallest absolute Gasteiger partial charge is 0.146 e. The molecule has 1 aromatic rings. The third-order valence-electron chi connectivity index (χ3n) is 4.71. The molecule has 2 heterocycles. The van der Waals surface area contributed by atoms with Crippen molar-refractivity contribution in [2.75, 3.05) is 12.4 Å². The number of hydrogen-bond acceptors (Lipinski definition) is 2. The summed E-state index contributed by atoms with van der Waals surface area (Å²) in [5.74, 6) is -0.704. The normalized spacial score (nSPS) is 30.6. The van der Waals surface area contributed by atoms with Crippen LogP contribution in [0.25, 0.3) is 0 Å². The van der Waals surface area contributed by atoms with Crippen LogP contribution in [-0.4, -0.2) is 30.1 Å². The lowest BCUT2D eigenvalue weighted by Gasteiger charge is -2.37. The van der Waals surface area contributed by atoms with Crippen molar-refractivity contribution in [3.05, 3.63) is 29.3 Å². The van der Waals surface area contributed by atoms with Crippen molar-refractivity contribution in [1.82, 2.24) is 4.90 Å². The van der Waals surface area contributed by atoms with Crippen LogP contribution in [0.2, 0.25) is 0 Å². The Bertz CT molecular complexity index is 475. The molecule has 2 fully saturated rings.